The van der Waals surface area contributed by atoms with Gasteiger partial charge < -0.3 is 14.8 Å². The molecule has 1 heterocycles. The van der Waals surface area contributed by atoms with E-state index in [1.807, 2.05) is 24.3 Å². The maximum atomic E-state index is 5.91. The van der Waals surface area contributed by atoms with Crippen LogP contribution in [0.25, 0.3) is 0 Å². The summed E-state index contributed by atoms with van der Waals surface area (Å²) in [5.41, 5.74) is 1.07. The molecule has 0 amide bonds. The predicted molar refractivity (Wildman–Crippen MR) is 82.5 cm³/mol. The maximum absolute atomic E-state index is 5.91. The van der Waals surface area contributed by atoms with Crippen molar-refractivity contribution in [2.75, 3.05) is 13.1 Å². The molecular weight excluding hydrogens is 254 g/mol. The van der Waals surface area contributed by atoms with Crippen LogP contribution in [-0.2, 0) is 4.74 Å². The van der Waals surface area contributed by atoms with Gasteiger partial charge in [-0.15, -0.1) is 5.10 Å². The Bertz CT molecular complexity index is 519. The molecule has 2 rings (SSSR count). The highest BCUT2D eigenvalue weighted by atomic mass is 16.5. The lowest BCUT2D eigenvalue weighted by atomic mass is 10.1. The molecule has 1 aliphatic rings. The standard InChI is InChI=1S/C15H19N3O2.H2/c1-4-15(18-16-3)20-13-7-5-6-12(8-13)14-10-17-9-11(2)19-14;/h4-8,11,14,17H,1,3,9-10H2,2H3;1H/b18-15+;/t11-,14+;/m0./s1. The fraction of sp³-hybridized carbons (Fsp3) is 0.333. The SMILES string of the molecule is C=C/C(=N\N=C)Oc1cccc([C@H]2CNC[C@H](C)O2)c1.[HH]. The Morgan fingerprint density at radius 1 is 1.55 bits per heavy atom. The number of rotatable bonds is 4. The fourth-order valence-electron chi connectivity index (χ4n) is 2.06. The average Bonchev–Trinajstić information content (AvgIpc) is 2.47. The van der Waals surface area contributed by atoms with Crippen LogP contribution in [0.5, 0.6) is 5.75 Å². The van der Waals surface area contributed by atoms with Crippen molar-refractivity contribution in [3.05, 3.63) is 42.5 Å². The van der Waals surface area contributed by atoms with Crippen molar-refractivity contribution in [1.29, 1.82) is 0 Å². The molecule has 1 N–H and O–H groups in total. The molecule has 0 unspecified atom stereocenters. The molecule has 1 fully saturated rings. The Kier molecular flexibility index (Phi) is 5.03. The van der Waals surface area contributed by atoms with Crippen LogP contribution in [-0.4, -0.2) is 31.8 Å². The van der Waals surface area contributed by atoms with Crippen molar-refractivity contribution in [3.8, 4) is 5.75 Å². The monoisotopic (exact) mass is 275 g/mol. The molecule has 0 spiro atoms. The lowest BCUT2D eigenvalue weighted by Crippen LogP contribution is -2.38. The van der Waals surface area contributed by atoms with Gasteiger partial charge in [-0.3, -0.25) is 0 Å². The summed E-state index contributed by atoms with van der Waals surface area (Å²) in [5.74, 6) is 0.986. The lowest BCUT2D eigenvalue weighted by Gasteiger charge is -2.29. The van der Waals surface area contributed by atoms with E-state index >= 15 is 0 Å². The van der Waals surface area contributed by atoms with E-state index in [0.29, 0.717) is 11.6 Å². The summed E-state index contributed by atoms with van der Waals surface area (Å²) < 4.78 is 11.5. The highest BCUT2D eigenvalue weighted by Crippen LogP contribution is 2.24. The molecule has 1 saturated heterocycles. The summed E-state index contributed by atoms with van der Waals surface area (Å²) in [6.45, 7) is 10.6. The predicted octanol–water partition coefficient (Wildman–Crippen LogP) is 2.56. The number of morpholine rings is 1. The smallest absolute Gasteiger partial charge is 0.238 e. The Hall–Kier alpha value is -1.98. The molecule has 108 valence electrons. The third-order valence-electron chi connectivity index (χ3n) is 2.95. The molecule has 2 atom stereocenters. The summed E-state index contributed by atoms with van der Waals surface area (Å²) in [7, 11) is 0. The van der Waals surface area contributed by atoms with Crippen molar-refractivity contribution >= 4 is 12.6 Å². The maximum Gasteiger partial charge on any atom is 0.238 e. The van der Waals surface area contributed by atoms with Crippen molar-refractivity contribution in [3.63, 3.8) is 0 Å². The van der Waals surface area contributed by atoms with Gasteiger partial charge in [-0.2, -0.15) is 5.10 Å². The van der Waals surface area contributed by atoms with E-state index in [2.05, 4.69) is 35.7 Å². The molecular formula is C15H21N3O2. The molecule has 20 heavy (non-hydrogen) atoms. The normalized spacial score (nSPS) is 23.1. The van der Waals surface area contributed by atoms with E-state index in [4.69, 9.17) is 9.47 Å². The van der Waals surface area contributed by atoms with Crippen LogP contribution in [0.15, 0.2) is 47.1 Å². The Labute approximate surface area is 120 Å². The molecule has 1 aromatic carbocycles. The zero-order valence-electron chi connectivity index (χ0n) is 11.6. The molecule has 0 aliphatic carbocycles. The number of nitrogens with zero attached hydrogens (tertiary/aromatic N) is 2. The Balaban J connectivity index is 0.00000220. The highest BCUT2D eigenvalue weighted by molar-refractivity contribution is 5.88. The van der Waals surface area contributed by atoms with Crippen LogP contribution in [0.4, 0.5) is 0 Å². The first-order valence-electron chi connectivity index (χ1n) is 6.53. The molecule has 1 aliphatic heterocycles. The first-order valence-corrected chi connectivity index (χ1v) is 6.53. The van der Waals surface area contributed by atoms with Crippen molar-refractivity contribution in [2.24, 2.45) is 10.2 Å². The molecule has 0 bridgehead atoms. The number of benzene rings is 1. The van der Waals surface area contributed by atoms with Crippen LogP contribution < -0.4 is 10.1 Å². The van der Waals surface area contributed by atoms with E-state index in [1.165, 1.54) is 6.08 Å². The average molecular weight is 275 g/mol. The summed E-state index contributed by atoms with van der Waals surface area (Å²) >= 11 is 0. The molecule has 0 radical (unpaired) electrons. The van der Waals surface area contributed by atoms with Gasteiger partial charge >= 0.3 is 0 Å². The minimum atomic E-state index is 0. The quantitative estimate of drug-likeness (QED) is 0.522. The van der Waals surface area contributed by atoms with Crippen LogP contribution in [0.3, 0.4) is 0 Å². The van der Waals surface area contributed by atoms with E-state index in [-0.39, 0.29) is 13.6 Å². The van der Waals surface area contributed by atoms with Crippen molar-refractivity contribution in [1.82, 2.24) is 5.32 Å². The topological polar surface area (TPSA) is 55.2 Å². The number of hydrogen-bond acceptors (Lipinski definition) is 5. The van der Waals surface area contributed by atoms with E-state index in [0.717, 1.165) is 18.7 Å². The second-order valence-corrected chi connectivity index (χ2v) is 4.55. The number of nitrogens with one attached hydrogen (secondary N) is 1. The summed E-state index contributed by atoms with van der Waals surface area (Å²) in [5, 5.41) is 10.5. The van der Waals surface area contributed by atoms with Gasteiger partial charge in [0.15, 0.2) is 0 Å². The van der Waals surface area contributed by atoms with Crippen molar-refractivity contribution in [2.45, 2.75) is 19.1 Å². The molecule has 1 aromatic rings. The third-order valence-corrected chi connectivity index (χ3v) is 2.95. The van der Waals surface area contributed by atoms with Crippen LogP contribution in [0.1, 0.15) is 20.0 Å². The lowest BCUT2D eigenvalue weighted by molar-refractivity contribution is -0.0287. The highest BCUT2D eigenvalue weighted by Gasteiger charge is 2.20. The van der Waals surface area contributed by atoms with E-state index in [1.54, 1.807) is 0 Å². The molecule has 5 heteroatoms. The third kappa shape index (κ3) is 3.76. The fourth-order valence-corrected chi connectivity index (χ4v) is 2.06. The molecule has 0 saturated carbocycles. The largest absolute Gasteiger partial charge is 0.438 e. The minimum Gasteiger partial charge on any atom is -0.438 e. The van der Waals surface area contributed by atoms with Gasteiger partial charge in [-0.25, -0.2) is 0 Å². The minimum absolute atomic E-state index is 0. The van der Waals surface area contributed by atoms with Gasteiger partial charge in [-0.05, 0) is 30.7 Å². The zero-order chi connectivity index (χ0) is 14.4. The van der Waals surface area contributed by atoms with Gasteiger partial charge in [0.2, 0.25) is 5.90 Å². The van der Waals surface area contributed by atoms with Crippen LogP contribution in [0.2, 0.25) is 0 Å². The Morgan fingerprint density at radius 2 is 2.40 bits per heavy atom. The summed E-state index contributed by atoms with van der Waals surface area (Å²) in [6, 6.07) is 7.74. The zero-order valence-corrected chi connectivity index (χ0v) is 11.6. The van der Waals surface area contributed by atoms with Gasteiger partial charge in [0.25, 0.3) is 0 Å². The van der Waals surface area contributed by atoms with Gasteiger partial charge in [0.05, 0.1) is 12.2 Å². The van der Waals surface area contributed by atoms with Crippen LogP contribution in [0, 0.1) is 0 Å². The first kappa shape index (κ1) is 14.4. The van der Waals surface area contributed by atoms with Gasteiger partial charge in [0, 0.05) is 21.2 Å². The van der Waals surface area contributed by atoms with Crippen LogP contribution >= 0.6 is 0 Å². The molecule has 0 aromatic heterocycles. The van der Waals surface area contributed by atoms with E-state index in [9.17, 15) is 0 Å². The number of hydrogen-bond donors (Lipinski definition) is 1. The Morgan fingerprint density at radius 3 is 3.10 bits per heavy atom. The second kappa shape index (κ2) is 6.98. The van der Waals surface area contributed by atoms with E-state index < -0.39 is 0 Å². The molecule has 5 nitrogen and oxygen atoms in total. The van der Waals surface area contributed by atoms with Gasteiger partial charge in [-0.1, -0.05) is 18.7 Å². The summed E-state index contributed by atoms with van der Waals surface area (Å²) in [6.07, 6.45) is 1.72. The van der Waals surface area contributed by atoms with Gasteiger partial charge in [0.1, 0.15) is 5.75 Å². The summed E-state index contributed by atoms with van der Waals surface area (Å²) in [4.78, 5) is 0. The first-order chi connectivity index (χ1) is 9.72. The van der Waals surface area contributed by atoms with Crippen molar-refractivity contribution < 1.29 is 10.9 Å². The number of ether oxygens (including phenoxy) is 2. The second-order valence-electron chi connectivity index (χ2n) is 4.55.